The number of carbonyl (C=O) groups is 1. The van der Waals surface area contributed by atoms with Gasteiger partial charge in [-0.2, -0.15) is 0 Å². The van der Waals surface area contributed by atoms with E-state index in [9.17, 15) is 4.79 Å². The predicted octanol–water partition coefficient (Wildman–Crippen LogP) is 4.20. The smallest absolute Gasteiger partial charge is 0.419 e. The van der Waals surface area contributed by atoms with Crippen molar-refractivity contribution in [1.29, 1.82) is 0 Å². The molecule has 0 unspecified atom stereocenters. The molecular formula is C14H16BrNO3. The van der Waals surface area contributed by atoms with Crippen molar-refractivity contribution in [2.45, 2.75) is 26.4 Å². The molecule has 0 aliphatic rings. The van der Waals surface area contributed by atoms with E-state index in [-0.39, 0.29) is 0 Å². The number of ether oxygens (including phenoxy) is 2. The van der Waals surface area contributed by atoms with Gasteiger partial charge in [0.2, 0.25) is 0 Å². The molecular weight excluding hydrogens is 310 g/mol. The Morgan fingerprint density at radius 3 is 2.58 bits per heavy atom. The predicted molar refractivity (Wildman–Crippen MR) is 77.8 cm³/mol. The van der Waals surface area contributed by atoms with E-state index in [0.29, 0.717) is 5.75 Å². The van der Waals surface area contributed by atoms with Gasteiger partial charge in [-0.15, -0.1) is 0 Å². The molecule has 2 aromatic rings. The first-order chi connectivity index (χ1) is 8.83. The van der Waals surface area contributed by atoms with Gasteiger partial charge in [0.1, 0.15) is 11.4 Å². The highest BCUT2D eigenvalue weighted by atomic mass is 79.9. The van der Waals surface area contributed by atoms with Crippen molar-refractivity contribution in [2.75, 3.05) is 7.11 Å². The summed E-state index contributed by atoms with van der Waals surface area (Å²) in [7, 11) is 1.60. The van der Waals surface area contributed by atoms with Crippen LogP contribution in [0.2, 0.25) is 0 Å². The Morgan fingerprint density at radius 1 is 1.32 bits per heavy atom. The first kappa shape index (κ1) is 13.9. The molecule has 0 bridgehead atoms. The van der Waals surface area contributed by atoms with Gasteiger partial charge in [-0.25, -0.2) is 4.79 Å². The van der Waals surface area contributed by atoms with Crippen molar-refractivity contribution in [2.24, 2.45) is 0 Å². The summed E-state index contributed by atoms with van der Waals surface area (Å²) >= 11 is 3.45. The average molecular weight is 326 g/mol. The Bertz CT molecular complexity index is 625. The minimum atomic E-state index is -0.529. The number of benzene rings is 1. The average Bonchev–Trinajstić information content (AvgIpc) is 2.65. The molecule has 0 aliphatic carbocycles. The highest BCUT2D eigenvalue weighted by Gasteiger charge is 2.21. The third kappa shape index (κ3) is 2.76. The Labute approximate surface area is 120 Å². The minimum Gasteiger partial charge on any atom is -0.496 e. The number of fused-ring (bicyclic) bond motifs is 1. The first-order valence-electron chi connectivity index (χ1n) is 5.90. The van der Waals surface area contributed by atoms with Gasteiger partial charge in [0, 0.05) is 10.7 Å². The third-order valence-corrected chi connectivity index (χ3v) is 3.16. The van der Waals surface area contributed by atoms with Crippen molar-refractivity contribution >= 4 is 32.9 Å². The Hall–Kier alpha value is -1.49. The van der Waals surface area contributed by atoms with Crippen LogP contribution in [0.15, 0.2) is 28.9 Å². The van der Waals surface area contributed by atoms with Crippen LogP contribution < -0.4 is 4.74 Å². The molecule has 0 radical (unpaired) electrons. The summed E-state index contributed by atoms with van der Waals surface area (Å²) in [5.41, 5.74) is 0.222. The van der Waals surface area contributed by atoms with Crippen molar-refractivity contribution in [3.05, 3.63) is 28.9 Å². The standard InChI is InChI=1S/C14H16BrNO3/c1-14(2,3)19-13(17)16-8-9(15)12-10(16)6-5-7-11(12)18-4/h5-8H,1-4H3. The van der Waals surface area contributed by atoms with Gasteiger partial charge < -0.3 is 9.47 Å². The van der Waals surface area contributed by atoms with Crippen LogP contribution >= 0.6 is 15.9 Å². The molecule has 0 spiro atoms. The molecule has 19 heavy (non-hydrogen) atoms. The van der Waals surface area contributed by atoms with Crippen molar-refractivity contribution in [1.82, 2.24) is 4.57 Å². The Balaban J connectivity index is 2.54. The normalized spacial score (nSPS) is 11.6. The monoisotopic (exact) mass is 325 g/mol. The van der Waals surface area contributed by atoms with Crippen LogP contribution in [0.5, 0.6) is 5.75 Å². The summed E-state index contributed by atoms with van der Waals surface area (Å²) in [5.74, 6) is 0.715. The molecule has 102 valence electrons. The topological polar surface area (TPSA) is 40.5 Å². The summed E-state index contributed by atoms with van der Waals surface area (Å²) in [4.78, 5) is 12.2. The van der Waals surface area contributed by atoms with E-state index in [4.69, 9.17) is 9.47 Å². The van der Waals surface area contributed by atoms with Crippen LogP contribution in [-0.4, -0.2) is 23.4 Å². The molecule has 0 N–H and O–H groups in total. The largest absolute Gasteiger partial charge is 0.496 e. The summed E-state index contributed by atoms with van der Waals surface area (Å²) in [6, 6.07) is 5.55. The van der Waals surface area contributed by atoms with Crippen LogP contribution in [0, 0.1) is 0 Å². The summed E-state index contributed by atoms with van der Waals surface area (Å²) < 4.78 is 13.0. The zero-order chi connectivity index (χ0) is 14.2. The van der Waals surface area contributed by atoms with Gasteiger partial charge in [0.25, 0.3) is 0 Å². The SMILES string of the molecule is COc1cccc2c1c(Br)cn2C(=O)OC(C)(C)C. The zero-order valence-corrected chi connectivity index (χ0v) is 12.9. The number of rotatable bonds is 1. The fraction of sp³-hybridized carbons (Fsp3) is 0.357. The fourth-order valence-corrected chi connectivity index (χ4v) is 2.44. The molecule has 0 saturated heterocycles. The minimum absolute atomic E-state index is 0.406. The maximum absolute atomic E-state index is 12.2. The molecule has 0 saturated carbocycles. The first-order valence-corrected chi connectivity index (χ1v) is 6.69. The van der Waals surface area contributed by atoms with Gasteiger partial charge in [-0.05, 0) is 48.8 Å². The summed E-state index contributed by atoms with van der Waals surface area (Å²) in [6.07, 6.45) is 1.29. The fourth-order valence-electron chi connectivity index (χ4n) is 1.84. The molecule has 0 aliphatic heterocycles. The number of aromatic nitrogens is 1. The van der Waals surface area contributed by atoms with Crippen LogP contribution in [0.25, 0.3) is 10.9 Å². The lowest BCUT2D eigenvalue weighted by molar-refractivity contribution is 0.0544. The maximum Gasteiger partial charge on any atom is 0.419 e. The highest BCUT2D eigenvalue weighted by molar-refractivity contribution is 9.10. The Morgan fingerprint density at radius 2 is 2.00 bits per heavy atom. The quantitative estimate of drug-likeness (QED) is 0.789. The van der Waals surface area contributed by atoms with Crippen LogP contribution in [0.1, 0.15) is 20.8 Å². The summed E-state index contributed by atoms with van der Waals surface area (Å²) in [5, 5.41) is 0.857. The Kier molecular flexibility index (Phi) is 3.58. The van der Waals surface area contributed by atoms with Crippen LogP contribution in [-0.2, 0) is 4.74 Å². The van der Waals surface area contributed by atoms with Gasteiger partial charge >= 0.3 is 6.09 Å². The molecule has 0 fully saturated rings. The zero-order valence-electron chi connectivity index (χ0n) is 11.4. The highest BCUT2D eigenvalue weighted by Crippen LogP contribution is 2.34. The lowest BCUT2D eigenvalue weighted by Crippen LogP contribution is -2.26. The second-order valence-electron chi connectivity index (χ2n) is 5.18. The number of hydrogen-bond donors (Lipinski definition) is 0. The second-order valence-corrected chi connectivity index (χ2v) is 6.04. The molecule has 4 nitrogen and oxygen atoms in total. The number of hydrogen-bond acceptors (Lipinski definition) is 3. The van der Waals surface area contributed by atoms with E-state index in [1.807, 2.05) is 39.0 Å². The van der Waals surface area contributed by atoms with Gasteiger partial charge in [-0.1, -0.05) is 6.07 Å². The van der Waals surface area contributed by atoms with Crippen molar-refractivity contribution in [3.8, 4) is 5.75 Å². The van der Waals surface area contributed by atoms with Crippen LogP contribution in [0.3, 0.4) is 0 Å². The van der Waals surface area contributed by atoms with Gasteiger partial charge in [0.05, 0.1) is 18.0 Å². The molecule has 2 rings (SSSR count). The van der Waals surface area contributed by atoms with Crippen molar-refractivity contribution in [3.63, 3.8) is 0 Å². The van der Waals surface area contributed by atoms with E-state index in [2.05, 4.69) is 15.9 Å². The third-order valence-electron chi connectivity index (χ3n) is 2.56. The number of halogens is 1. The second kappa shape index (κ2) is 4.89. The lowest BCUT2D eigenvalue weighted by atomic mass is 10.2. The van der Waals surface area contributed by atoms with E-state index in [1.165, 1.54) is 4.57 Å². The molecule has 0 atom stereocenters. The number of methoxy groups -OCH3 is 1. The van der Waals surface area contributed by atoms with Gasteiger partial charge in [-0.3, -0.25) is 4.57 Å². The summed E-state index contributed by atoms with van der Waals surface area (Å²) in [6.45, 7) is 5.52. The van der Waals surface area contributed by atoms with E-state index < -0.39 is 11.7 Å². The molecule has 1 heterocycles. The van der Waals surface area contributed by atoms with E-state index in [0.717, 1.165) is 15.4 Å². The number of nitrogens with zero attached hydrogens (tertiary/aromatic N) is 1. The lowest BCUT2D eigenvalue weighted by Gasteiger charge is -2.19. The van der Waals surface area contributed by atoms with Gasteiger partial charge in [0.15, 0.2) is 0 Å². The molecule has 0 amide bonds. The van der Waals surface area contributed by atoms with E-state index in [1.54, 1.807) is 13.3 Å². The molecule has 1 aromatic carbocycles. The van der Waals surface area contributed by atoms with Crippen molar-refractivity contribution < 1.29 is 14.3 Å². The van der Waals surface area contributed by atoms with Crippen LogP contribution in [0.4, 0.5) is 4.79 Å². The maximum atomic E-state index is 12.2. The number of carbonyl (C=O) groups excluding carboxylic acids is 1. The molecule has 1 aromatic heterocycles. The van der Waals surface area contributed by atoms with E-state index >= 15 is 0 Å². The molecule has 5 heteroatoms.